The second-order valence-corrected chi connectivity index (χ2v) is 1.88. The second-order valence-electron chi connectivity index (χ2n) is 1.88. The van der Waals surface area contributed by atoms with Crippen molar-refractivity contribution >= 4 is 5.97 Å². The van der Waals surface area contributed by atoms with Crippen molar-refractivity contribution in [3.05, 3.63) is 30.8 Å². The molecular formula is C8H8NO2. The third-order valence-corrected chi connectivity index (χ3v) is 1.08. The number of carbonyl (C=O) groups excluding carboxylic acids is 1. The third-order valence-electron chi connectivity index (χ3n) is 1.08. The molecule has 1 heterocycles. The van der Waals surface area contributed by atoms with Gasteiger partial charge in [-0.3, -0.25) is 4.79 Å². The first-order valence-corrected chi connectivity index (χ1v) is 3.25. The average molecular weight is 150 g/mol. The summed E-state index contributed by atoms with van der Waals surface area (Å²) >= 11 is 0. The van der Waals surface area contributed by atoms with Crippen LogP contribution in [-0.4, -0.2) is 11.0 Å². The Labute approximate surface area is 65.0 Å². The maximum absolute atomic E-state index is 10.7. The maximum atomic E-state index is 10.7. The van der Waals surface area contributed by atoms with Crippen molar-refractivity contribution in [1.29, 1.82) is 0 Å². The molecule has 1 aromatic heterocycles. The zero-order valence-corrected chi connectivity index (χ0v) is 6.15. The van der Waals surface area contributed by atoms with E-state index in [1.807, 2.05) is 0 Å². The van der Waals surface area contributed by atoms with Gasteiger partial charge in [-0.25, -0.2) is 4.98 Å². The van der Waals surface area contributed by atoms with E-state index in [0.29, 0.717) is 5.88 Å². The fourth-order valence-electron chi connectivity index (χ4n) is 0.569. The van der Waals surface area contributed by atoms with Gasteiger partial charge in [0.05, 0.1) is 6.42 Å². The Bertz CT molecular complexity index is 233. The highest BCUT2D eigenvalue weighted by Gasteiger charge is 2.00. The summed E-state index contributed by atoms with van der Waals surface area (Å²) in [5.41, 5.74) is 0. The van der Waals surface area contributed by atoms with E-state index in [0.717, 1.165) is 0 Å². The lowest BCUT2D eigenvalue weighted by molar-refractivity contribution is -0.130. The van der Waals surface area contributed by atoms with Gasteiger partial charge in [0, 0.05) is 12.3 Å². The van der Waals surface area contributed by atoms with Gasteiger partial charge in [-0.1, -0.05) is 13.0 Å². The fraction of sp³-hybridized carbons (Fsp3) is 0.125. The Balaban J connectivity index is 2.58. The van der Waals surface area contributed by atoms with Crippen LogP contribution in [0.2, 0.25) is 0 Å². The summed E-state index contributed by atoms with van der Waals surface area (Å²) in [6, 6.07) is 5.14. The van der Waals surface area contributed by atoms with E-state index in [-0.39, 0.29) is 5.97 Å². The van der Waals surface area contributed by atoms with E-state index in [1.54, 1.807) is 31.3 Å². The van der Waals surface area contributed by atoms with Crippen LogP contribution in [-0.2, 0) is 4.79 Å². The lowest BCUT2D eigenvalue weighted by atomic mass is 10.5. The molecular weight excluding hydrogens is 142 g/mol. The number of nitrogens with zero attached hydrogens (tertiary/aromatic N) is 1. The van der Waals surface area contributed by atoms with Crippen LogP contribution >= 0.6 is 0 Å². The highest BCUT2D eigenvalue weighted by Crippen LogP contribution is 2.03. The van der Waals surface area contributed by atoms with Crippen LogP contribution in [0, 0.1) is 6.42 Å². The Hall–Kier alpha value is -1.38. The van der Waals surface area contributed by atoms with Gasteiger partial charge in [-0.2, -0.15) is 0 Å². The monoisotopic (exact) mass is 150 g/mol. The van der Waals surface area contributed by atoms with Crippen LogP contribution in [0.3, 0.4) is 0 Å². The molecule has 0 amide bonds. The summed E-state index contributed by atoms with van der Waals surface area (Å²) in [7, 11) is 0. The minimum Gasteiger partial charge on any atom is -0.407 e. The van der Waals surface area contributed by atoms with Gasteiger partial charge in [0.25, 0.3) is 0 Å². The third kappa shape index (κ3) is 2.37. The lowest BCUT2D eigenvalue weighted by Gasteiger charge is -1.98. The zero-order chi connectivity index (χ0) is 8.10. The number of esters is 1. The van der Waals surface area contributed by atoms with Crippen LogP contribution in [0.4, 0.5) is 0 Å². The van der Waals surface area contributed by atoms with E-state index in [2.05, 4.69) is 4.98 Å². The van der Waals surface area contributed by atoms with Crippen molar-refractivity contribution in [2.75, 3.05) is 0 Å². The summed E-state index contributed by atoms with van der Waals surface area (Å²) in [6.07, 6.45) is 2.91. The predicted molar refractivity (Wildman–Crippen MR) is 39.8 cm³/mol. The van der Waals surface area contributed by atoms with Crippen molar-refractivity contribution in [3.8, 4) is 5.88 Å². The first-order valence-electron chi connectivity index (χ1n) is 3.25. The molecule has 1 rings (SSSR count). The molecule has 0 saturated heterocycles. The zero-order valence-electron chi connectivity index (χ0n) is 6.15. The van der Waals surface area contributed by atoms with Crippen molar-refractivity contribution < 1.29 is 9.53 Å². The minimum absolute atomic E-state index is 0.329. The molecule has 3 nitrogen and oxygen atoms in total. The standard InChI is InChI=1S/C8H8NO2/c1-2-8(10)11-7-5-3-4-6-9-7/h2-6H,1H3. The van der Waals surface area contributed by atoms with Crippen molar-refractivity contribution in [3.63, 3.8) is 0 Å². The van der Waals surface area contributed by atoms with E-state index in [4.69, 9.17) is 4.74 Å². The summed E-state index contributed by atoms with van der Waals surface area (Å²) < 4.78 is 4.76. The van der Waals surface area contributed by atoms with Crippen molar-refractivity contribution in [2.24, 2.45) is 0 Å². The summed E-state index contributed by atoms with van der Waals surface area (Å²) in [6.45, 7) is 1.62. The Morgan fingerprint density at radius 1 is 1.64 bits per heavy atom. The van der Waals surface area contributed by atoms with Crippen LogP contribution in [0.1, 0.15) is 6.92 Å². The molecule has 0 unspecified atom stereocenters. The van der Waals surface area contributed by atoms with Gasteiger partial charge in [0.1, 0.15) is 0 Å². The molecule has 0 atom stereocenters. The summed E-state index contributed by atoms with van der Waals surface area (Å²) in [5, 5.41) is 0. The van der Waals surface area contributed by atoms with Crippen LogP contribution < -0.4 is 4.74 Å². The first-order chi connectivity index (χ1) is 5.33. The molecule has 1 radical (unpaired) electrons. The number of aromatic nitrogens is 1. The second kappa shape index (κ2) is 3.71. The minimum atomic E-state index is -0.385. The molecule has 3 heteroatoms. The van der Waals surface area contributed by atoms with Gasteiger partial charge in [-0.05, 0) is 6.07 Å². The van der Waals surface area contributed by atoms with Crippen LogP contribution in [0.25, 0.3) is 0 Å². The smallest absolute Gasteiger partial charge is 0.316 e. The summed E-state index contributed by atoms with van der Waals surface area (Å²) in [4.78, 5) is 14.5. The quantitative estimate of drug-likeness (QED) is 0.595. The van der Waals surface area contributed by atoms with E-state index < -0.39 is 0 Å². The Morgan fingerprint density at radius 2 is 2.45 bits per heavy atom. The molecule has 0 fully saturated rings. The van der Waals surface area contributed by atoms with Crippen LogP contribution in [0.5, 0.6) is 5.88 Å². The van der Waals surface area contributed by atoms with Gasteiger partial charge >= 0.3 is 5.97 Å². The Morgan fingerprint density at radius 3 is 3.00 bits per heavy atom. The van der Waals surface area contributed by atoms with E-state index >= 15 is 0 Å². The molecule has 0 spiro atoms. The number of rotatable bonds is 2. The number of pyridine rings is 1. The number of hydrogen-bond donors (Lipinski definition) is 0. The predicted octanol–water partition coefficient (Wildman–Crippen LogP) is 1.21. The normalized spacial score (nSPS) is 9.18. The molecule has 0 aromatic carbocycles. The van der Waals surface area contributed by atoms with E-state index in [9.17, 15) is 4.79 Å². The molecule has 0 bridgehead atoms. The first kappa shape index (κ1) is 7.72. The number of carbonyl (C=O) groups is 1. The van der Waals surface area contributed by atoms with Gasteiger partial charge in [0.15, 0.2) is 0 Å². The highest BCUT2D eigenvalue weighted by molar-refractivity contribution is 5.80. The lowest BCUT2D eigenvalue weighted by Crippen LogP contribution is -2.06. The van der Waals surface area contributed by atoms with Crippen molar-refractivity contribution in [2.45, 2.75) is 6.92 Å². The van der Waals surface area contributed by atoms with Gasteiger partial charge in [0.2, 0.25) is 5.88 Å². The maximum Gasteiger partial charge on any atom is 0.316 e. The molecule has 0 aliphatic carbocycles. The number of ether oxygens (including phenoxy) is 1. The molecule has 1 aromatic rings. The topological polar surface area (TPSA) is 39.2 Å². The van der Waals surface area contributed by atoms with Gasteiger partial charge in [-0.15, -0.1) is 0 Å². The molecule has 0 aliphatic rings. The largest absolute Gasteiger partial charge is 0.407 e. The van der Waals surface area contributed by atoms with Crippen LogP contribution in [0.15, 0.2) is 24.4 Å². The highest BCUT2D eigenvalue weighted by atomic mass is 16.5. The average Bonchev–Trinajstić information content (AvgIpc) is 2.06. The molecule has 0 aliphatic heterocycles. The SMILES string of the molecule is C[CH]C(=O)Oc1ccccn1. The number of hydrogen-bond acceptors (Lipinski definition) is 3. The molecule has 0 N–H and O–H groups in total. The van der Waals surface area contributed by atoms with Gasteiger partial charge < -0.3 is 4.74 Å². The fourth-order valence-corrected chi connectivity index (χ4v) is 0.569. The summed E-state index contributed by atoms with van der Waals surface area (Å²) in [5.74, 6) is -0.0562. The van der Waals surface area contributed by atoms with E-state index in [1.165, 1.54) is 6.42 Å². The Kier molecular flexibility index (Phi) is 2.60. The molecule has 11 heavy (non-hydrogen) atoms. The molecule has 57 valence electrons. The van der Waals surface area contributed by atoms with Crippen molar-refractivity contribution in [1.82, 2.24) is 4.98 Å². The molecule has 0 saturated carbocycles.